The lowest BCUT2D eigenvalue weighted by Gasteiger charge is -2.10. The van der Waals surface area contributed by atoms with Crippen molar-refractivity contribution in [1.82, 2.24) is 0 Å². The third-order valence-corrected chi connectivity index (χ3v) is 21.4. The van der Waals surface area contributed by atoms with Crippen molar-refractivity contribution in [1.29, 1.82) is 0 Å². The second-order valence-electron chi connectivity index (χ2n) is 19.8. The zero-order valence-corrected chi connectivity index (χ0v) is 60.5. The standard InChI is InChI=1S/C24H20BrCl2O4S.C24H21BrClO4S.C24H20BrF2O4S/c1-16(25)23(28)30-14-15-31-24(29)17-2-8-20(9-3-17)32(21-10-4-18(26)5-11-21)22-12-6-19(27)7-13-22;1-17(25)23(27)29-15-16-30-24(28)18-7-11-21(12-8-18)31(20-5-3-2-4-6-20)22-13-9-19(26)10-14-22;1-16(25)23(28)30-14-15-31-24(29)17-2-8-20(9-3-17)32(21-10-4-18(26)5-11-21)22-12-6-19(27)7-13-22/h2-13,16H,14-15H2,1H3;2-14,17H,15-16H2,1H3;2-13,16H,14-15H2,1H3/q3*+1. The zero-order valence-electron chi connectivity index (χ0n) is 51.0. The van der Waals surface area contributed by atoms with E-state index in [1.54, 1.807) is 93.6 Å². The first-order valence-electron chi connectivity index (χ1n) is 28.9. The molecule has 0 spiro atoms. The van der Waals surface area contributed by atoms with Crippen LogP contribution in [0.1, 0.15) is 51.8 Å². The van der Waals surface area contributed by atoms with Gasteiger partial charge in [0.05, 0.1) is 49.4 Å². The summed E-state index contributed by atoms with van der Waals surface area (Å²) in [6.45, 7) is 4.92. The molecule has 0 bridgehead atoms. The topological polar surface area (TPSA) is 158 Å². The maximum absolute atomic E-state index is 13.4. The normalized spacial score (nSPS) is 12.1. The molecule has 492 valence electrons. The summed E-state index contributed by atoms with van der Waals surface area (Å²) in [5.74, 6) is -3.38. The fourth-order valence-corrected chi connectivity index (χ4v) is 15.2. The van der Waals surface area contributed by atoms with E-state index in [4.69, 9.17) is 63.2 Å². The molecule has 0 fully saturated rings. The average molecular weight is 1600 g/mol. The monoisotopic (exact) mass is 1590 g/mol. The van der Waals surface area contributed by atoms with Crippen LogP contribution >= 0.6 is 82.6 Å². The first kappa shape index (κ1) is 75.4. The molecule has 0 aliphatic heterocycles. The van der Waals surface area contributed by atoms with Crippen molar-refractivity contribution >= 4 is 151 Å². The summed E-state index contributed by atoms with van der Waals surface area (Å²) in [4.78, 5) is 79.0. The van der Waals surface area contributed by atoms with E-state index < -0.39 is 72.1 Å². The summed E-state index contributed by atoms with van der Waals surface area (Å²) in [5.41, 5.74) is 1.21. The molecule has 0 heterocycles. The van der Waals surface area contributed by atoms with Crippen LogP contribution in [0.5, 0.6) is 0 Å². The number of esters is 6. The molecule has 0 aliphatic carbocycles. The van der Waals surface area contributed by atoms with Gasteiger partial charge in [-0.1, -0.05) is 101 Å². The highest BCUT2D eigenvalue weighted by Crippen LogP contribution is 2.35. The summed E-state index contributed by atoms with van der Waals surface area (Å²) in [6.07, 6.45) is 0. The lowest BCUT2D eigenvalue weighted by Crippen LogP contribution is -2.18. The van der Waals surface area contributed by atoms with Crippen molar-refractivity contribution in [3.8, 4) is 0 Å². The molecule has 0 N–H and O–H groups in total. The van der Waals surface area contributed by atoms with Gasteiger partial charge in [-0.3, -0.25) is 14.4 Å². The van der Waals surface area contributed by atoms with Crippen molar-refractivity contribution in [3.63, 3.8) is 0 Å². The number of hydrogen-bond donors (Lipinski definition) is 0. The number of carbonyl (C=O) groups excluding carboxylic acids is 6. The van der Waals surface area contributed by atoms with Crippen molar-refractivity contribution in [2.45, 2.75) is 79.3 Å². The Balaban J connectivity index is 0.000000201. The lowest BCUT2D eigenvalue weighted by molar-refractivity contribution is -0.144. The maximum Gasteiger partial charge on any atom is 0.338 e. The number of benzene rings is 9. The van der Waals surface area contributed by atoms with Crippen molar-refractivity contribution < 1.29 is 66.0 Å². The quantitative estimate of drug-likeness (QED) is 0.0186. The van der Waals surface area contributed by atoms with Crippen LogP contribution in [0.15, 0.2) is 269 Å². The molecule has 12 nitrogen and oxygen atoms in total. The number of carbonyl (C=O) groups is 6. The molecular weight excluding hydrogens is 1540 g/mol. The number of halogens is 8. The first-order chi connectivity index (χ1) is 45.6. The van der Waals surface area contributed by atoms with Gasteiger partial charge in [-0.05, 0) is 227 Å². The fraction of sp³-hybridized carbons (Fsp3) is 0.167. The van der Waals surface area contributed by atoms with Gasteiger partial charge < -0.3 is 28.4 Å². The predicted molar refractivity (Wildman–Crippen MR) is 378 cm³/mol. The van der Waals surface area contributed by atoms with E-state index in [1.165, 1.54) is 29.2 Å². The van der Waals surface area contributed by atoms with E-state index >= 15 is 0 Å². The van der Waals surface area contributed by atoms with Gasteiger partial charge in [0.1, 0.15) is 65.8 Å². The molecule has 0 aromatic heterocycles. The number of ether oxygens (including phenoxy) is 6. The molecule has 0 radical (unpaired) electrons. The maximum atomic E-state index is 13.4. The Morgan fingerprint density at radius 2 is 0.495 bits per heavy atom. The van der Waals surface area contributed by atoms with E-state index in [9.17, 15) is 37.5 Å². The fourth-order valence-electron chi connectivity index (χ4n) is 8.24. The molecule has 95 heavy (non-hydrogen) atoms. The van der Waals surface area contributed by atoms with Crippen molar-refractivity contribution in [2.24, 2.45) is 0 Å². The predicted octanol–water partition coefficient (Wildman–Crippen LogP) is 18.0. The van der Waals surface area contributed by atoms with E-state index in [2.05, 4.69) is 59.9 Å². The minimum absolute atomic E-state index is 0.00517. The van der Waals surface area contributed by atoms with Gasteiger partial charge in [-0.15, -0.1) is 0 Å². The van der Waals surface area contributed by atoms with Gasteiger partial charge in [-0.2, -0.15) is 0 Å². The van der Waals surface area contributed by atoms with Crippen LogP contribution in [0, 0.1) is 11.6 Å². The highest BCUT2D eigenvalue weighted by Gasteiger charge is 2.32. The third-order valence-electron chi connectivity index (χ3n) is 12.9. The van der Waals surface area contributed by atoms with E-state index in [0.717, 1.165) is 39.2 Å². The zero-order chi connectivity index (χ0) is 68.4. The Labute approximate surface area is 598 Å². The Bertz CT molecular complexity index is 3680. The van der Waals surface area contributed by atoms with Crippen molar-refractivity contribution in [2.75, 3.05) is 39.6 Å². The second kappa shape index (κ2) is 38.7. The minimum atomic E-state index is -0.617. The van der Waals surface area contributed by atoms with Gasteiger partial charge in [0.15, 0.2) is 44.1 Å². The molecule has 0 amide bonds. The summed E-state index contributed by atoms with van der Waals surface area (Å²) in [5, 5.41) is 2.03. The molecule has 0 aliphatic rings. The summed E-state index contributed by atoms with van der Waals surface area (Å²) < 4.78 is 57.3. The molecule has 9 rings (SSSR count). The molecule has 0 saturated heterocycles. The lowest BCUT2D eigenvalue weighted by atomic mass is 10.2. The summed E-state index contributed by atoms with van der Waals surface area (Å²) in [6, 6.07) is 67.3. The van der Waals surface area contributed by atoms with Gasteiger partial charge in [0, 0.05) is 15.1 Å². The highest BCUT2D eigenvalue weighted by atomic mass is 79.9. The van der Waals surface area contributed by atoms with E-state index in [-0.39, 0.29) is 62.2 Å². The van der Waals surface area contributed by atoms with Crippen LogP contribution in [-0.2, 0) is 75.5 Å². The Hall–Kier alpha value is -6.98. The minimum Gasteiger partial charge on any atom is -0.461 e. The third kappa shape index (κ3) is 24.0. The van der Waals surface area contributed by atoms with Crippen LogP contribution in [0.2, 0.25) is 15.1 Å². The average Bonchev–Trinajstić information content (AvgIpc) is 0.859. The Morgan fingerprint density at radius 3 is 0.716 bits per heavy atom. The number of hydrogen-bond acceptors (Lipinski definition) is 12. The van der Waals surface area contributed by atoms with Gasteiger partial charge in [-0.25, -0.2) is 23.2 Å². The second-order valence-corrected chi connectivity index (χ2v) is 31.3. The van der Waals surface area contributed by atoms with E-state index in [0.29, 0.717) is 31.8 Å². The van der Waals surface area contributed by atoms with Crippen LogP contribution < -0.4 is 0 Å². The Morgan fingerprint density at radius 1 is 0.305 bits per heavy atom. The van der Waals surface area contributed by atoms with Gasteiger partial charge in [0.2, 0.25) is 0 Å². The van der Waals surface area contributed by atoms with Crippen molar-refractivity contribution in [3.05, 3.63) is 268 Å². The van der Waals surface area contributed by atoms with E-state index in [1.807, 2.05) is 115 Å². The largest absolute Gasteiger partial charge is 0.461 e. The first-order valence-corrected chi connectivity index (χ1v) is 36.5. The van der Waals surface area contributed by atoms with Gasteiger partial charge >= 0.3 is 35.8 Å². The Kier molecular flexibility index (Phi) is 30.7. The number of alkyl halides is 3. The number of rotatable bonds is 24. The molecule has 4 atom stereocenters. The molecule has 9 aromatic rings. The van der Waals surface area contributed by atoms with Gasteiger partial charge in [0.25, 0.3) is 0 Å². The van der Waals surface area contributed by atoms with Crippen LogP contribution in [0.3, 0.4) is 0 Å². The molecule has 9 aromatic carbocycles. The molecule has 4 unspecified atom stereocenters. The summed E-state index contributed by atoms with van der Waals surface area (Å²) in [7, 11) is -1.35. The molecule has 0 saturated carbocycles. The highest BCUT2D eigenvalue weighted by molar-refractivity contribution is 9.10. The van der Waals surface area contributed by atoms with Crippen LogP contribution in [-0.4, -0.2) is 89.9 Å². The smallest absolute Gasteiger partial charge is 0.338 e. The molecule has 23 heteroatoms. The van der Waals surface area contributed by atoms with Crippen LogP contribution in [0.4, 0.5) is 8.78 Å². The summed E-state index contributed by atoms with van der Waals surface area (Å²) >= 11 is 27.6. The molecular formula is C72H61Br3Cl3F2O12S3+3. The van der Waals surface area contributed by atoms with Crippen LogP contribution in [0.25, 0.3) is 0 Å². The SMILES string of the molecule is CC(Br)C(=O)OCCOC(=O)c1ccc([S+](c2ccc(Cl)cc2)c2ccc(Cl)cc2)cc1.CC(Br)C(=O)OCCOC(=O)c1ccc([S+](c2ccc(F)cc2)c2ccc(F)cc2)cc1.CC(Br)C(=O)OCCOC(=O)c1ccc([S+](c2ccccc2)c2ccc(Cl)cc2)cc1.